The van der Waals surface area contributed by atoms with Crippen molar-refractivity contribution in [1.82, 2.24) is 0 Å². The highest BCUT2D eigenvalue weighted by atomic mass is 79.9. The van der Waals surface area contributed by atoms with Crippen LogP contribution in [0.2, 0.25) is 0 Å². The van der Waals surface area contributed by atoms with Gasteiger partial charge in [0.05, 0.1) is 0 Å². The SMILES string of the molecule is CC1=C(/C=C/C(C)=C/C=C\C(C)=C\COC(=O)CBr)C(C)(C)CCC1. The van der Waals surface area contributed by atoms with E-state index >= 15 is 0 Å². The van der Waals surface area contributed by atoms with Gasteiger partial charge < -0.3 is 4.74 Å². The second kappa shape index (κ2) is 10.6. The minimum Gasteiger partial charge on any atom is -0.461 e. The molecule has 0 amide bonds. The molecule has 1 aliphatic carbocycles. The summed E-state index contributed by atoms with van der Waals surface area (Å²) in [5, 5.41) is 0.233. The number of allylic oxidation sites excluding steroid dienone is 9. The lowest BCUT2D eigenvalue weighted by Gasteiger charge is -2.32. The van der Waals surface area contributed by atoms with Crippen LogP contribution in [0.1, 0.15) is 53.9 Å². The van der Waals surface area contributed by atoms with Gasteiger partial charge in [0.2, 0.25) is 0 Å². The lowest BCUT2D eigenvalue weighted by atomic mass is 9.72. The van der Waals surface area contributed by atoms with E-state index in [1.165, 1.54) is 36.0 Å². The molecule has 1 aliphatic rings. The summed E-state index contributed by atoms with van der Waals surface area (Å²) in [6.07, 6.45) is 16.3. The summed E-state index contributed by atoms with van der Waals surface area (Å²) in [7, 11) is 0. The number of hydrogen-bond acceptors (Lipinski definition) is 2. The van der Waals surface area contributed by atoms with E-state index in [4.69, 9.17) is 4.74 Å². The maximum absolute atomic E-state index is 11.0. The molecule has 0 fully saturated rings. The van der Waals surface area contributed by atoms with Gasteiger partial charge in [-0.3, -0.25) is 4.79 Å². The second-order valence-corrected chi connectivity index (χ2v) is 7.86. The third-order valence-electron chi connectivity index (χ3n) is 4.53. The molecule has 1 rings (SSSR count). The Morgan fingerprint density at radius 2 is 1.96 bits per heavy atom. The first-order chi connectivity index (χ1) is 11.8. The lowest BCUT2D eigenvalue weighted by molar-refractivity contribution is -0.139. The minimum atomic E-state index is -0.246. The highest BCUT2D eigenvalue weighted by Crippen LogP contribution is 2.40. The van der Waals surface area contributed by atoms with Crippen molar-refractivity contribution in [2.24, 2.45) is 5.41 Å². The second-order valence-electron chi connectivity index (χ2n) is 7.30. The Hall–Kier alpha value is -1.35. The van der Waals surface area contributed by atoms with Gasteiger partial charge in [-0.15, -0.1) is 0 Å². The third kappa shape index (κ3) is 8.04. The van der Waals surface area contributed by atoms with Crippen molar-refractivity contribution in [3.8, 4) is 0 Å². The number of carbonyl (C=O) groups excluding carboxylic acids is 1. The van der Waals surface area contributed by atoms with Gasteiger partial charge in [0.25, 0.3) is 0 Å². The van der Waals surface area contributed by atoms with Crippen LogP contribution in [0, 0.1) is 5.41 Å². The van der Waals surface area contributed by atoms with Crippen LogP contribution in [-0.2, 0) is 9.53 Å². The van der Waals surface area contributed by atoms with Crippen molar-refractivity contribution in [3.05, 3.63) is 58.7 Å². The Labute approximate surface area is 161 Å². The predicted octanol–water partition coefficient (Wildman–Crippen LogP) is 6.46. The van der Waals surface area contributed by atoms with Gasteiger partial charge >= 0.3 is 5.97 Å². The van der Waals surface area contributed by atoms with Crippen LogP contribution in [0.3, 0.4) is 0 Å². The Kier molecular flexibility index (Phi) is 9.20. The number of halogens is 1. The summed E-state index contributed by atoms with van der Waals surface area (Å²) in [6, 6.07) is 0. The molecule has 0 bridgehead atoms. The fourth-order valence-corrected chi connectivity index (χ4v) is 3.17. The minimum absolute atomic E-state index is 0.233. The maximum Gasteiger partial charge on any atom is 0.316 e. The Bertz CT molecular complexity index is 616. The number of alkyl halides is 1. The van der Waals surface area contributed by atoms with Gasteiger partial charge in [0, 0.05) is 0 Å². The quantitative estimate of drug-likeness (QED) is 0.275. The summed E-state index contributed by atoms with van der Waals surface area (Å²) < 4.78 is 5.00. The molecule has 3 heteroatoms. The summed E-state index contributed by atoms with van der Waals surface area (Å²) >= 11 is 3.07. The summed E-state index contributed by atoms with van der Waals surface area (Å²) in [5.41, 5.74) is 5.58. The average Bonchev–Trinajstić information content (AvgIpc) is 2.53. The standard InChI is InChI=1S/C22H31BrO2/c1-17(8-6-9-18(2)13-15-25-21(24)16-23)11-12-20-19(3)10-7-14-22(20,4)5/h6,8-9,11-13H,7,10,14-16H2,1-5H3/b9-6-,12-11+,17-8+,18-13+. The van der Waals surface area contributed by atoms with E-state index in [-0.39, 0.29) is 16.7 Å². The molecule has 0 atom stereocenters. The fraction of sp³-hybridized carbons (Fsp3) is 0.500. The first-order valence-corrected chi connectivity index (χ1v) is 10.00. The highest BCUT2D eigenvalue weighted by molar-refractivity contribution is 9.09. The number of carbonyl (C=O) groups is 1. The molecule has 0 saturated heterocycles. The van der Waals surface area contributed by atoms with Crippen LogP contribution in [0.5, 0.6) is 0 Å². The molecule has 0 saturated carbocycles. The largest absolute Gasteiger partial charge is 0.461 e. The fourth-order valence-electron chi connectivity index (χ4n) is 3.01. The first kappa shape index (κ1) is 21.7. The number of rotatable bonds is 7. The number of hydrogen-bond donors (Lipinski definition) is 0. The van der Waals surface area contributed by atoms with Gasteiger partial charge in [-0.2, -0.15) is 0 Å². The smallest absolute Gasteiger partial charge is 0.316 e. The molecule has 0 aromatic carbocycles. The maximum atomic E-state index is 11.0. The zero-order chi connectivity index (χ0) is 18.9. The lowest BCUT2D eigenvalue weighted by Crippen LogP contribution is -2.19. The average molecular weight is 407 g/mol. The zero-order valence-electron chi connectivity index (χ0n) is 16.2. The van der Waals surface area contributed by atoms with Gasteiger partial charge in [-0.25, -0.2) is 0 Å². The van der Waals surface area contributed by atoms with Gasteiger partial charge in [-0.1, -0.05) is 76.9 Å². The van der Waals surface area contributed by atoms with Crippen LogP contribution in [-0.4, -0.2) is 17.9 Å². The van der Waals surface area contributed by atoms with Crippen LogP contribution >= 0.6 is 15.9 Å². The molecular weight excluding hydrogens is 376 g/mol. The van der Waals surface area contributed by atoms with Crippen molar-refractivity contribution >= 4 is 21.9 Å². The normalized spacial score (nSPS) is 19.1. The summed E-state index contributed by atoms with van der Waals surface area (Å²) in [6.45, 7) is 11.4. The molecule has 25 heavy (non-hydrogen) atoms. The predicted molar refractivity (Wildman–Crippen MR) is 111 cm³/mol. The summed E-state index contributed by atoms with van der Waals surface area (Å²) in [4.78, 5) is 11.0. The van der Waals surface area contributed by atoms with Crippen molar-refractivity contribution in [2.75, 3.05) is 11.9 Å². The van der Waals surface area contributed by atoms with E-state index in [2.05, 4.69) is 61.9 Å². The molecule has 138 valence electrons. The van der Waals surface area contributed by atoms with Gasteiger partial charge in [-0.05, 0) is 57.1 Å². The molecule has 0 heterocycles. The molecule has 0 aromatic rings. The Balaban J connectivity index is 2.63. The zero-order valence-corrected chi connectivity index (χ0v) is 17.8. The van der Waals surface area contributed by atoms with Crippen molar-refractivity contribution in [1.29, 1.82) is 0 Å². The molecule has 0 radical (unpaired) electrons. The van der Waals surface area contributed by atoms with E-state index in [0.717, 1.165) is 5.57 Å². The van der Waals surface area contributed by atoms with E-state index in [0.29, 0.717) is 6.61 Å². The number of ether oxygens (including phenoxy) is 1. The summed E-state index contributed by atoms with van der Waals surface area (Å²) in [5.74, 6) is -0.246. The molecule has 0 aliphatic heterocycles. The van der Waals surface area contributed by atoms with Gasteiger partial charge in [0.1, 0.15) is 11.9 Å². The molecule has 0 unspecified atom stereocenters. The van der Waals surface area contributed by atoms with Crippen molar-refractivity contribution in [3.63, 3.8) is 0 Å². The van der Waals surface area contributed by atoms with E-state index in [1.807, 2.05) is 25.2 Å². The Morgan fingerprint density at radius 3 is 2.60 bits per heavy atom. The molecule has 2 nitrogen and oxygen atoms in total. The molecule has 0 N–H and O–H groups in total. The third-order valence-corrected chi connectivity index (χ3v) is 4.99. The topological polar surface area (TPSA) is 26.3 Å². The van der Waals surface area contributed by atoms with Crippen molar-refractivity contribution in [2.45, 2.75) is 53.9 Å². The number of esters is 1. The van der Waals surface area contributed by atoms with E-state index < -0.39 is 0 Å². The first-order valence-electron chi connectivity index (χ1n) is 8.88. The highest BCUT2D eigenvalue weighted by Gasteiger charge is 2.26. The van der Waals surface area contributed by atoms with Crippen LogP contribution in [0.25, 0.3) is 0 Å². The molecule has 0 aromatic heterocycles. The van der Waals surface area contributed by atoms with Crippen LogP contribution < -0.4 is 0 Å². The van der Waals surface area contributed by atoms with Gasteiger partial charge in [0.15, 0.2) is 0 Å². The van der Waals surface area contributed by atoms with E-state index in [1.54, 1.807) is 0 Å². The van der Waals surface area contributed by atoms with Crippen LogP contribution in [0.15, 0.2) is 58.7 Å². The van der Waals surface area contributed by atoms with Crippen molar-refractivity contribution < 1.29 is 9.53 Å². The molecule has 0 spiro atoms. The Morgan fingerprint density at radius 1 is 1.24 bits per heavy atom. The van der Waals surface area contributed by atoms with Crippen LogP contribution in [0.4, 0.5) is 0 Å². The molecular formula is C22H31BrO2. The monoisotopic (exact) mass is 406 g/mol. The van der Waals surface area contributed by atoms with E-state index in [9.17, 15) is 4.79 Å².